The fraction of sp³-hybridized carbons (Fsp3) is 0.263. The number of anilines is 1. The van der Waals surface area contributed by atoms with Gasteiger partial charge in [0.2, 0.25) is 0 Å². The number of hydrogen-bond acceptors (Lipinski definition) is 4. The van der Waals surface area contributed by atoms with Gasteiger partial charge in [-0.3, -0.25) is 4.79 Å². The summed E-state index contributed by atoms with van der Waals surface area (Å²) in [4.78, 5) is 24.0. The Bertz CT molecular complexity index is 789. The van der Waals surface area contributed by atoms with E-state index < -0.39 is 24.3 Å². The summed E-state index contributed by atoms with van der Waals surface area (Å²) in [7, 11) is 1.33. The summed E-state index contributed by atoms with van der Waals surface area (Å²) >= 11 is 0. The van der Waals surface area contributed by atoms with Gasteiger partial charge in [-0.05, 0) is 42.7 Å². The molecule has 0 heterocycles. The zero-order chi connectivity index (χ0) is 18.4. The van der Waals surface area contributed by atoms with Crippen molar-refractivity contribution in [2.75, 3.05) is 19.0 Å². The Hall–Kier alpha value is -2.89. The fourth-order valence-corrected chi connectivity index (χ4v) is 2.39. The normalized spacial score (nSPS) is 10.2. The number of para-hydroxylation sites is 1. The number of carbonyl (C=O) groups is 2. The SMILES string of the molecule is CCc1cccc(C)c1NC(=O)COC(=O)c1ccc(OC)c(F)c1. The monoisotopic (exact) mass is 345 g/mol. The number of rotatable bonds is 6. The Morgan fingerprint density at radius 2 is 1.96 bits per heavy atom. The zero-order valence-electron chi connectivity index (χ0n) is 14.4. The molecular weight excluding hydrogens is 325 g/mol. The van der Waals surface area contributed by atoms with E-state index in [1.54, 1.807) is 0 Å². The molecule has 0 saturated carbocycles. The molecule has 5 nitrogen and oxygen atoms in total. The van der Waals surface area contributed by atoms with Gasteiger partial charge < -0.3 is 14.8 Å². The molecule has 0 saturated heterocycles. The van der Waals surface area contributed by atoms with E-state index in [-0.39, 0.29) is 11.3 Å². The number of carbonyl (C=O) groups excluding carboxylic acids is 2. The molecule has 0 aliphatic carbocycles. The summed E-state index contributed by atoms with van der Waals surface area (Å²) in [5.41, 5.74) is 2.66. The molecule has 6 heteroatoms. The number of nitrogens with one attached hydrogen (secondary N) is 1. The standard InChI is InChI=1S/C19H20FNO4/c1-4-13-7-5-6-12(2)18(13)21-17(22)11-25-19(23)14-8-9-16(24-3)15(20)10-14/h5-10H,4,11H2,1-3H3,(H,21,22). The highest BCUT2D eigenvalue weighted by atomic mass is 19.1. The molecule has 2 aromatic rings. The van der Waals surface area contributed by atoms with Gasteiger partial charge in [0.05, 0.1) is 12.7 Å². The van der Waals surface area contributed by atoms with E-state index in [1.165, 1.54) is 19.2 Å². The Balaban J connectivity index is 1.98. The van der Waals surface area contributed by atoms with Crippen molar-refractivity contribution in [2.45, 2.75) is 20.3 Å². The molecule has 0 aliphatic heterocycles. The van der Waals surface area contributed by atoms with E-state index in [2.05, 4.69) is 5.32 Å². The Kier molecular flexibility index (Phi) is 6.11. The van der Waals surface area contributed by atoms with Gasteiger partial charge in [-0.15, -0.1) is 0 Å². The molecule has 0 bridgehead atoms. The lowest BCUT2D eigenvalue weighted by molar-refractivity contribution is -0.119. The summed E-state index contributed by atoms with van der Waals surface area (Å²) in [6, 6.07) is 9.44. The van der Waals surface area contributed by atoms with Gasteiger partial charge in [0.25, 0.3) is 5.91 Å². The third-order valence-corrected chi connectivity index (χ3v) is 3.73. The molecule has 0 unspecified atom stereocenters. The second-order valence-electron chi connectivity index (χ2n) is 5.44. The molecule has 2 rings (SSSR count). The van der Waals surface area contributed by atoms with Crippen molar-refractivity contribution in [2.24, 2.45) is 0 Å². The molecule has 0 fully saturated rings. The lowest BCUT2D eigenvalue weighted by Crippen LogP contribution is -2.22. The van der Waals surface area contributed by atoms with Crippen LogP contribution in [0.5, 0.6) is 5.75 Å². The van der Waals surface area contributed by atoms with Gasteiger partial charge in [0, 0.05) is 5.69 Å². The average molecular weight is 345 g/mol. The number of hydrogen-bond donors (Lipinski definition) is 1. The first-order valence-electron chi connectivity index (χ1n) is 7.85. The highest BCUT2D eigenvalue weighted by Crippen LogP contribution is 2.21. The summed E-state index contributed by atoms with van der Waals surface area (Å²) in [5, 5.41) is 2.76. The quantitative estimate of drug-likeness (QED) is 0.814. The number of halogens is 1. The molecule has 2 aromatic carbocycles. The van der Waals surface area contributed by atoms with Gasteiger partial charge in [-0.1, -0.05) is 25.1 Å². The van der Waals surface area contributed by atoms with Crippen molar-refractivity contribution in [1.29, 1.82) is 0 Å². The van der Waals surface area contributed by atoms with Crippen molar-refractivity contribution in [3.8, 4) is 5.75 Å². The number of methoxy groups -OCH3 is 1. The maximum atomic E-state index is 13.6. The molecule has 0 radical (unpaired) electrons. The average Bonchev–Trinajstić information content (AvgIpc) is 2.61. The number of aryl methyl sites for hydroxylation is 2. The second-order valence-corrected chi connectivity index (χ2v) is 5.44. The van der Waals surface area contributed by atoms with E-state index in [4.69, 9.17) is 9.47 Å². The highest BCUT2D eigenvalue weighted by molar-refractivity contribution is 5.96. The zero-order valence-corrected chi connectivity index (χ0v) is 14.4. The molecule has 132 valence electrons. The van der Waals surface area contributed by atoms with Crippen molar-refractivity contribution < 1.29 is 23.5 Å². The Labute approximate surface area is 145 Å². The van der Waals surface area contributed by atoms with Crippen molar-refractivity contribution in [1.82, 2.24) is 0 Å². The predicted molar refractivity (Wildman–Crippen MR) is 92.4 cm³/mol. The lowest BCUT2D eigenvalue weighted by Gasteiger charge is -2.13. The lowest BCUT2D eigenvalue weighted by atomic mass is 10.1. The van der Waals surface area contributed by atoms with Crippen molar-refractivity contribution in [3.63, 3.8) is 0 Å². The summed E-state index contributed by atoms with van der Waals surface area (Å²) < 4.78 is 23.3. The number of benzene rings is 2. The molecule has 0 spiro atoms. The highest BCUT2D eigenvalue weighted by Gasteiger charge is 2.14. The number of amides is 1. The van der Waals surface area contributed by atoms with Crippen LogP contribution >= 0.6 is 0 Å². The number of esters is 1. The summed E-state index contributed by atoms with van der Waals surface area (Å²) in [6.07, 6.45) is 0.766. The second kappa shape index (κ2) is 8.28. The Morgan fingerprint density at radius 3 is 2.60 bits per heavy atom. The first-order valence-corrected chi connectivity index (χ1v) is 7.85. The summed E-state index contributed by atoms with van der Waals surface area (Å²) in [6.45, 7) is 3.42. The van der Waals surface area contributed by atoms with Crippen LogP contribution in [0.1, 0.15) is 28.4 Å². The maximum absolute atomic E-state index is 13.6. The third kappa shape index (κ3) is 4.56. The third-order valence-electron chi connectivity index (χ3n) is 3.73. The van der Waals surface area contributed by atoms with Crippen LogP contribution in [0.3, 0.4) is 0 Å². The molecule has 0 aromatic heterocycles. The first kappa shape index (κ1) is 18.4. The van der Waals surface area contributed by atoms with Gasteiger partial charge in [-0.25, -0.2) is 9.18 Å². The molecule has 1 amide bonds. The van der Waals surface area contributed by atoms with Gasteiger partial charge in [0.15, 0.2) is 18.2 Å². The summed E-state index contributed by atoms with van der Waals surface area (Å²) in [5.74, 6) is -1.88. The maximum Gasteiger partial charge on any atom is 0.338 e. The van der Waals surface area contributed by atoms with Crippen LogP contribution in [-0.2, 0) is 16.0 Å². The van der Waals surface area contributed by atoms with Crippen molar-refractivity contribution in [3.05, 3.63) is 58.9 Å². The van der Waals surface area contributed by atoms with Gasteiger partial charge >= 0.3 is 5.97 Å². The predicted octanol–water partition coefficient (Wildman–Crippen LogP) is 3.50. The minimum absolute atomic E-state index is 0.0104. The van der Waals surface area contributed by atoms with Crippen LogP contribution in [-0.4, -0.2) is 25.6 Å². The van der Waals surface area contributed by atoms with E-state index in [1.807, 2.05) is 32.0 Å². The first-order chi connectivity index (χ1) is 12.0. The van der Waals surface area contributed by atoms with E-state index in [0.717, 1.165) is 29.3 Å². The Morgan fingerprint density at radius 1 is 1.20 bits per heavy atom. The van der Waals surface area contributed by atoms with E-state index in [9.17, 15) is 14.0 Å². The van der Waals surface area contributed by atoms with E-state index in [0.29, 0.717) is 0 Å². The van der Waals surface area contributed by atoms with E-state index >= 15 is 0 Å². The van der Waals surface area contributed by atoms with Crippen LogP contribution in [0, 0.1) is 12.7 Å². The minimum Gasteiger partial charge on any atom is -0.494 e. The fourth-order valence-electron chi connectivity index (χ4n) is 2.39. The molecule has 1 N–H and O–H groups in total. The molecular formula is C19H20FNO4. The number of ether oxygens (including phenoxy) is 2. The van der Waals surface area contributed by atoms with Gasteiger partial charge in [-0.2, -0.15) is 0 Å². The van der Waals surface area contributed by atoms with Crippen LogP contribution in [0.4, 0.5) is 10.1 Å². The smallest absolute Gasteiger partial charge is 0.338 e. The van der Waals surface area contributed by atoms with Crippen LogP contribution < -0.4 is 10.1 Å². The topological polar surface area (TPSA) is 64.6 Å². The largest absolute Gasteiger partial charge is 0.494 e. The van der Waals surface area contributed by atoms with Crippen LogP contribution in [0.25, 0.3) is 0 Å². The van der Waals surface area contributed by atoms with Crippen LogP contribution in [0.15, 0.2) is 36.4 Å². The molecule has 25 heavy (non-hydrogen) atoms. The molecule has 0 aliphatic rings. The molecule has 0 atom stereocenters. The van der Waals surface area contributed by atoms with Crippen molar-refractivity contribution >= 4 is 17.6 Å². The minimum atomic E-state index is -0.780. The van der Waals surface area contributed by atoms with Gasteiger partial charge in [0.1, 0.15) is 0 Å². The van der Waals surface area contributed by atoms with Crippen LogP contribution in [0.2, 0.25) is 0 Å².